The summed E-state index contributed by atoms with van der Waals surface area (Å²) in [5, 5.41) is 9.18. The van der Waals surface area contributed by atoms with Crippen molar-refractivity contribution in [3.63, 3.8) is 0 Å². The van der Waals surface area contributed by atoms with Gasteiger partial charge >= 0.3 is 5.97 Å². The number of carbonyl (C=O) groups is 1. The van der Waals surface area contributed by atoms with Crippen molar-refractivity contribution < 1.29 is 19.4 Å². The fourth-order valence-corrected chi connectivity index (χ4v) is 2.98. The van der Waals surface area contributed by atoms with Crippen molar-refractivity contribution in [1.29, 1.82) is 0 Å². The van der Waals surface area contributed by atoms with Gasteiger partial charge in [-0.2, -0.15) is 0 Å². The molecule has 2 aromatic carbocycles. The zero-order chi connectivity index (χ0) is 15.7. The molecule has 4 nitrogen and oxygen atoms in total. The molecule has 1 N–H and O–H groups in total. The molecule has 0 amide bonds. The highest BCUT2D eigenvalue weighted by atomic mass is 16.5. The van der Waals surface area contributed by atoms with Crippen LogP contribution in [0.5, 0.6) is 11.5 Å². The van der Waals surface area contributed by atoms with Crippen LogP contribution in [-0.4, -0.2) is 25.3 Å². The molecule has 1 saturated carbocycles. The lowest BCUT2D eigenvalue weighted by Crippen LogP contribution is -2.00. The number of hydrogen-bond acceptors (Lipinski definition) is 3. The third-order valence-electron chi connectivity index (χ3n) is 4.16. The van der Waals surface area contributed by atoms with E-state index in [-0.39, 0.29) is 11.8 Å². The van der Waals surface area contributed by atoms with Crippen LogP contribution in [0, 0.1) is 5.92 Å². The third-order valence-corrected chi connectivity index (χ3v) is 4.16. The van der Waals surface area contributed by atoms with E-state index in [0.29, 0.717) is 17.9 Å². The van der Waals surface area contributed by atoms with Gasteiger partial charge < -0.3 is 14.6 Å². The Labute approximate surface area is 129 Å². The van der Waals surface area contributed by atoms with Gasteiger partial charge in [0.25, 0.3) is 0 Å². The Kier molecular flexibility index (Phi) is 3.75. The van der Waals surface area contributed by atoms with Crippen molar-refractivity contribution in [2.75, 3.05) is 14.2 Å². The third kappa shape index (κ3) is 2.41. The maximum absolute atomic E-state index is 11.2. The first-order valence-corrected chi connectivity index (χ1v) is 7.20. The minimum Gasteiger partial charge on any atom is -0.493 e. The molecule has 2 aromatic rings. The molecule has 0 saturated heterocycles. The highest BCUT2D eigenvalue weighted by Gasteiger charge is 2.45. The van der Waals surface area contributed by atoms with Gasteiger partial charge in [0.1, 0.15) is 0 Å². The second-order valence-corrected chi connectivity index (χ2v) is 5.42. The highest BCUT2D eigenvalue weighted by Crippen LogP contribution is 2.51. The largest absolute Gasteiger partial charge is 0.493 e. The lowest BCUT2D eigenvalue weighted by molar-refractivity contribution is -0.138. The molecule has 22 heavy (non-hydrogen) atoms. The number of benzene rings is 2. The Morgan fingerprint density at radius 3 is 2.41 bits per heavy atom. The zero-order valence-corrected chi connectivity index (χ0v) is 12.6. The summed E-state index contributed by atoms with van der Waals surface area (Å²) in [6.07, 6.45) is 0.693. The molecule has 1 aliphatic carbocycles. The van der Waals surface area contributed by atoms with Gasteiger partial charge in [0, 0.05) is 5.56 Å². The van der Waals surface area contributed by atoms with Gasteiger partial charge in [-0.05, 0) is 29.5 Å². The molecular formula is C18H18O4. The summed E-state index contributed by atoms with van der Waals surface area (Å²) in [4.78, 5) is 11.2. The number of carboxylic acids is 1. The molecule has 1 fully saturated rings. The van der Waals surface area contributed by atoms with E-state index >= 15 is 0 Å². The van der Waals surface area contributed by atoms with Crippen LogP contribution in [0.3, 0.4) is 0 Å². The van der Waals surface area contributed by atoms with Crippen molar-refractivity contribution in [3.8, 4) is 22.6 Å². The smallest absolute Gasteiger partial charge is 0.307 e. The summed E-state index contributed by atoms with van der Waals surface area (Å²) in [7, 11) is 3.22. The number of hydrogen-bond donors (Lipinski definition) is 1. The van der Waals surface area contributed by atoms with Gasteiger partial charge in [0.2, 0.25) is 0 Å². The van der Waals surface area contributed by atoms with Crippen molar-refractivity contribution in [3.05, 3.63) is 48.0 Å². The van der Waals surface area contributed by atoms with Crippen LogP contribution in [0.4, 0.5) is 0 Å². The molecule has 114 valence electrons. The lowest BCUT2D eigenvalue weighted by Gasteiger charge is -2.15. The van der Waals surface area contributed by atoms with Crippen molar-refractivity contribution in [1.82, 2.24) is 0 Å². The van der Waals surface area contributed by atoms with E-state index in [2.05, 4.69) is 0 Å². The van der Waals surface area contributed by atoms with Crippen LogP contribution in [-0.2, 0) is 4.79 Å². The Morgan fingerprint density at radius 1 is 1.05 bits per heavy atom. The summed E-state index contributed by atoms with van der Waals surface area (Å²) >= 11 is 0. The molecule has 1 aliphatic rings. The second-order valence-electron chi connectivity index (χ2n) is 5.42. The van der Waals surface area contributed by atoms with E-state index in [4.69, 9.17) is 9.47 Å². The Bertz CT molecular complexity index is 708. The summed E-state index contributed by atoms with van der Waals surface area (Å²) in [6, 6.07) is 13.6. The number of para-hydroxylation sites is 1. The molecule has 0 unspecified atom stereocenters. The Balaban J connectivity index is 2.09. The van der Waals surface area contributed by atoms with E-state index in [1.54, 1.807) is 14.2 Å². The molecule has 0 aliphatic heterocycles. The SMILES string of the molecule is COc1cccc(-c2ccccc2[C@@H]2C[C@H]2C(=O)O)c1OC. The number of aliphatic carboxylic acids is 1. The first kappa shape index (κ1) is 14.4. The van der Waals surface area contributed by atoms with E-state index in [9.17, 15) is 9.90 Å². The van der Waals surface area contributed by atoms with Gasteiger partial charge in [0.05, 0.1) is 20.1 Å². The van der Waals surface area contributed by atoms with Gasteiger partial charge in [0.15, 0.2) is 11.5 Å². The van der Waals surface area contributed by atoms with Gasteiger partial charge in [-0.1, -0.05) is 36.4 Å². The van der Waals surface area contributed by atoms with Crippen LogP contribution in [0.2, 0.25) is 0 Å². The van der Waals surface area contributed by atoms with Crippen molar-refractivity contribution in [2.24, 2.45) is 5.92 Å². The number of methoxy groups -OCH3 is 2. The monoisotopic (exact) mass is 298 g/mol. The van der Waals surface area contributed by atoms with Crippen LogP contribution in [0.1, 0.15) is 17.9 Å². The number of carboxylic acid groups (broad SMARTS) is 1. The second kappa shape index (κ2) is 5.72. The van der Waals surface area contributed by atoms with E-state index in [1.807, 2.05) is 42.5 Å². The summed E-state index contributed by atoms with van der Waals surface area (Å²) in [6.45, 7) is 0. The first-order valence-electron chi connectivity index (χ1n) is 7.20. The first-order chi connectivity index (χ1) is 10.7. The maximum Gasteiger partial charge on any atom is 0.307 e. The van der Waals surface area contributed by atoms with Crippen LogP contribution >= 0.6 is 0 Å². The van der Waals surface area contributed by atoms with Crippen LogP contribution < -0.4 is 9.47 Å². The van der Waals surface area contributed by atoms with Crippen molar-refractivity contribution >= 4 is 5.97 Å². The van der Waals surface area contributed by atoms with Crippen LogP contribution in [0.25, 0.3) is 11.1 Å². The maximum atomic E-state index is 11.2. The average Bonchev–Trinajstić information content (AvgIpc) is 3.34. The average molecular weight is 298 g/mol. The van der Waals surface area contributed by atoms with Crippen molar-refractivity contribution in [2.45, 2.75) is 12.3 Å². The fourth-order valence-electron chi connectivity index (χ4n) is 2.98. The van der Waals surface area contributed by atoms with E-state index < -0.39 is 5.97 Å². The molecule has 2 atom stereocenters. The number of ether oxygens (including phenoxy) is 2. The quantitative estimate of drug-likeness (QED) is 0.917. The summed E-state index contributed by atoms with van der Waals surface area (Å²) in [5.74, 6) is 0.408. The predicted molar refractivity (Wildman–Crippen MR) is 83.5 cm³/mol. The Hall–Kier alpha value is -2.49. The highest BCUT2D eigenvalue weighted by molar-refractivity contribution is 5.80. The normalized spacial score (nSPS) is 19.5. The lowest BCUT2D eigenvalue weighted by atomic mass is 9.95. The Morgan fingerprint density at radius 2 is 1.77 bits per heavy atom. The standard InChI is InChI=1S/C18H18O4/c1-21-16-9-5-8-13(17(16)22-2)11-6-3-4-7-12(11)14-10-15(14)18(19)20/h3-9,14-15H,10H2,1-2H3,(H,19,20)/t14-,15+/m0/s1. The molecule has 0 heterocycles. The minimum atomic E-state index is -0.725. The van der Waals surface area contributed by atoms with E-state index in [1.165, 1.54) is 0 Å². The minimum absolute atomic E-state index is 0.0737. The molecule has 3 rings (SSSR count). The number of rotatable bonds is 5. The zero-order valence-electron chi connectivity index (χ0n) is 12.6. The molecular weight excluding hydrogens is 280 g/mol. The van der Waals surface area contributed by atoms with Gasteiger partial charge in [-0.3, -0.25) is 4.79 Å². The topological polar surface area (TPSA) is 55.8 Å². The summed E-state index contributed by atoms with van der Waals surface area (Å²) < 4.78 is 10.9. The molecule has 0 aromatic heterocycles. The molecule has 0 radical (unpaired) electrons. The molecule has 4 heteroatoms. The van der Waals surface area contributed by atoms with Crippen LogP contribution in [0.15, 0.2) is 42.5 Å². The summed E-state index contributed by atoms with van der Waals surface area (Å²) in [5.41, 5.74) is 2.99. The van der Waals surface area contributed by atoms with Gasteiger partial charge in [-0.25, -0.2) is 0 Å². The molecule has 0 bridgehead atoms. The van der Waals surface area contributed by atoms with E-state index in [0.717, 1.165) is 16.7 Å². The van der Waals surface area contributed by atoms with Gasteiger partial charge in [-0.15, -0.1) is 0 Å². The molecule has 0 spiro atoms. The predicted octanol–water partition coefficient (Wildman–Crippen LogP) is 3.56. The fraction of sp³-hybridized carbons (Fsp3) is 0.278.